The molecule has 0 heterocycles. The van der Waals surface area contributed by atoms with Crippen LogP contribution in [0.4, 0.5) is 0 Å². The molecule has 0 fully saturated rings. The van der Waals surface area contributed by atoms with Crippen molar-refractivity contribution in [2.75, 3.05) is 0 Å². The maximum absolute atomic E-state index is 1.75. The van der Waals surface area contributed by atoms with Gasteiger partial charge < -0.3 is 0 Å². The van der Waals surface area contributed by atoms with Crippen LogP contribution in [0.5, 0.6) is 0 Å². The number of rotatable bonds is 5. The Morgan fingerprint density at radius 1 is 0.933 bits per heavy atom. The predicted molar refractivity (Wildman–Crippen MR) is 134 cm³/mol. The smallest absolute Gasteiger partial charge is 0.00588 e. The van der Waals surface area contributed by atoms with Crippen LogP contribution >= 0.6 is 0 Å². The molecule has 15 heavy (non-hydrogen) atoms. The van der Waals surface area contributed by atoms with Crippen LogP contribution in [0.3, 0.4) is 0 Å². The average molecular weight is 456 g/mol. The predicted octanol–water partition coefficient (Wildman–Crippen LogP) is -14.8. The van der Waals surface area contributed by atoms with Gasteiger partial charge in [-0.3, -0.25) is 0 Å². The van der Waals surface area contributed by atoms with Gasteiger partial charge in [-0.2, -0.15) is 0 Å². The van der Waals surface area contributed by atoms with Crippen molar-refractivity contribution >= 4 is 133 Å². The van der Waals surface area contributed by atoms with Gasteiger partial charge in [0.1, 0.15) is 0 Å². The fraction of sp³-hybridized carbons (Fsp3) is 0. The van der Waals surface area contributed by atoms with E-state index in [0.717, 1.165) is 34.2 Å². The van der Waals surface area contributed by atoms with Crippen LogP contribution in [0, 0.1) is 0 Å². The molecule has 0 aromatic carbocycles. The van der Waals surface area contributed by atoms with Gasteiger partial charge in [0.15, 0.2) is 0 Å². The minimum Gasteiger partial charge on any atom is -0.0120 e. The van der Waals surface area contributed by atoms with Gasteiger partial charge in [-0.15, -0.1) is 0 Å². The fourth-order valence-electron chi connectivity index (χ4n) is 1.22. The van der Waals surface area contributed by atoms with Crippen molar-refractivity contribution < 1.29 is 0 Å². The van der Waals surface area contributed by atoms with E-state index in [0.29, 0.717) is 14.7 Å². The number of hydrogen-bond acceptors (Lipinski definition) is 0. The van der Waals surface area contributed by atoms with Crippen molar-refractivity contribution in [2.24, 2.45) is 0 Å². The topological polar surface area (TPSA) is 0 Å². The zero-order chi connectivity index (χ0) is 12.5. The van der Waals surface area contributed by atoms with Crippen molar-refractivity contribution in [3.8, 4) is 0 Å². The monoisotopic (exact) mass is 454 g/mol. The fourth-order valence-corrected chi connectivity index (χ4v) is 298. The molecule has 0 spiro atoms. The third kappa shape index (κ3) is 17.3. The van der Waals surface area contributed by atoms with Crippen LogP contribution in [-0.2, 0) is 0 Å². The molecule has 0 amide bonds. The van der Waals surface area contributed by atoms with Gasteiger partial charge >= 0.3 is 0 Å². The van der Waals surface area contributed by atoms with Gasteiger partial charge in [-0.1, -0.05) is 0 Å². The summed E-state index contributed by atoms with van der Waals surface area (Å²) in [5, 5.41) is 0. The Bertz CT molecular complexity index is 116. The van der Waals surface area contributed by atoms with Crippen molar-refractivity contribution in [3.05, 3.63) is 0 Å². The minimum atomic E-state index is -0.0469. The van der Waals surface area contributed by atoms with Crippen LogP contribution < -0.4 is 0 Å². The highest BCUT2D eigenvalue weighted by Gasteiger charge is 2.20. The van der Waals surface area contributed by atoms with Crippen LogP contribution in [-0.4, -0.2) is 133 Å². The van der Waals surface area contributed by atoms with E-state index >= 15 is 0 Å². The summed E-state index contributed by atoms with van der Waals surface area (Å²) < 4.78 is 0. The number of hydrogen-bond donors (Lipinski definition) is 0. The van der Waals surface area contributed by atoms with Gasteiger partial charge in [0.25, 0.3) is 0 Å². The Labute approximate surface area is 132 Å². The quantitative estimate of drug-likeness (QED) is 0.362. The summed E-state index contributed by atoms with van der Waals surface area (Å²) in [6.45, 7) is 0. The molecule has 1 unspecified atom stereocenters. The maximum atomic E-state index is 1.75. The zero-order valence-electron chi connectivity index (χ0n) is 12.5. The van der Waals surface area contributed by atoms with E-state index in [4.69, 9.17) is 0 Å². The van der Waals surface area contributed by atoms with Crippen LogP contribution in [0.2, 0.25) is 0 Å². The zero-order valence-corrected chi connectivity index (χ0v) is 37.4. The van der Waals surface area contributed by atoms with Gasteiger partial charge in [-0.05, 0) is 133 Å². The van der Waals surface area contributed by atoms with Crippen molar-refractivity contribution in [3.63, 3.8) is 0 Å². The molecule has 1 atom stereocenters. The van der Waals surface area contributed by atoms with Gasteiger partial charge in [0.2, 0.25) is 0 Å². The van der Waals surface area contributed by atoms with E-state index in [1.54, 1.807) is 78.1 Å². The van der Waals surface area contributed by atoms with Gasteiger partial charge in [0.05, 0.1) is 0 Å². The van der Waals surface area contributed by atoms with E-state index in [1.807, 2.05) is 0 Å². The maximum Gasteiger partial charge on any atom is -0.00588 e. The Balaban J connectivity index is 0. The lowest BCUT2D eigenvalue weighted by molar-refractivity contribution is 3.55. The van der Waals surface area contributed by atoms with Crippen molar-refractivity contribution in [1.82, 2.24) is 0 Å². The normalized spacial score (nSPS) is 23.2. The standard InChI is InChI=1S/H18Si8.H16Si7/c1-6-7(2)8(3,4)5;1-4-5-6-7(2)3/h7H,6H2,1-5H3;7H,4-6H2,1-3H3. The molecule has 0 saturated heterocycles. The lowest BCUT2D eigenvalue weighted by Gasteiger charge is -2.21. The molecule has 0 rings (SSSR count). The van der Waals surface area contributed by atoms with E-state index in [9.17, 15) is 0 Å². The highest BCUT2D eigenvalue weighted by atomic mass is 30.3. The summed E-state index contributed by atoms with van der Waals surface area (Å²) in [4.78, 5) is 0. The average Bonchev–Trinajstić information content (AvgIpc) is 2.12. The van der Waals surface area contributed by atoms with Crippen molar-refractivity contribution in [1.29, 1.82) is 0 Å². The molecule has 0 radical (unpaired) electrons. The summed E-state index contributed by atoms with van der Waals surface area (Å²) in [5.41, 5.74) is 0. The third-order valence-corrected chi connectivity index (χ3v) is 261. The Hall–Kier alpha value is 3.25. The van der Waals surface area contributed by atoms with Crippen LogP contribution in [0.25, 0.3) is 0 Å². The van der Waals surface area contributed by atoms with E-state index in [1.165, 1.54) is 0 Å². The molecule has 0 saturated carbocycles. The SMILES string of the molecule is [SiH3][SiH2][SiH2][SiH2][SiH]([SiH3])[SiH3].[SiH3][SiH2][SiH]([SiH3])[Si]([SiH3])([SiH3])[SiH3]. The summed E-state index contributed by atoms with van der Waals surface area (Å²) in [5.74, 6) is 0. The lowest BCUT2D eigenvalue weighted by atomic mass is 25.9. The molecule has 0 N–H and O–H groups in total. The molecule has 94 valence electrons. The first-order valence-corrected chi connectivity index (χ1v) is 60.8. The highest BCUT2D eigenvalue weighted by molar-refractivity contribution is 7.96. The second-order valence-electron chi connectivity index (χ2n) is 6.21. The summed E-state index contributed by atoms with van der Waals surface area (Å²) in [6, 6.07) is 0. The van der Waals surface area contributed by atoms with E-state index < -0.39 is 0 Å². The van der Waals surface area contributed by atoms with Crippen molar-refractivity contribution in [2.45, 2.75) is 0 Å². The first-order chi connectivity index (χ1) is 6.75. The molecule has 0 bridgehead atoms. The van der Waals surface area contributed by atoms with Gasteiger partial charge in [-0.25, -0.2) is 0 Å². The third-order valence-electron chi connectivity index (χ3n) is 3.23. The summed E-state index contributed by atoms with van der Waals surface area (Å²) >= 11 is 0. The summed E-state index contributed by atoms with van der Waals surface area (Å²) in [7, 11) is 17.6. The highest BCUT2D eigenvalue weighted by Crippen LogP contribution is 1.83. The van der Waals surface area contributed by atoms with Crippen LogP contribution in [0.15, 0.2) is 0 Å². The minimum absolute atomic E-state index is 0.0469. The largest absolute Gasteiger partial charge is 0.0120 e. The second-order valence-corrected chi connectivity index (χ2v) is 168. The van der Waals surface area contributed by atoms with Crippen LogP contribution in [0.1, 0.15) is 0 Å². The molecular weight excluding hydrogens is 421 g/mol. The summed E-state index contributed by atoms with van der Waals surface area (Å²) in [6.07, 6.45) is -0.0469. The van der Waals surface area contributed by atoms with E-state index in [-0.39, 0.29) is 6.14 Å². The Morgan fingerprint density at radius 2 is 1.40 bits per heavy atom. The first-order valence-electron chi connectivity index (χ1n) is 6.75. The molecule has 0 aliphatic rings. The Morgan fingerprint density at radius 3 is 1.47 bits per heavy atom. The van der Waals surface area contributed by atoms with Gasteiger partial charge in [0, 0.05) is 0 Å². The second kappa shape index (κ2) is 12.3. The molecule has 0 aliphatic heterocycles. The molecular formula is H34Si15. The molecule has 0 aromatic heterocycles. The molecule has 15 heteroatoms. The van der Waals surface area contributed by atoms with E-state index in [2.05, 4.69) is 0 Å². The molecule has 0 aliphatic carbocycles. The lowest BCUT2D eigenvalue weighted by Crippen LogP contribution is -2.59. The molecule has 0 aromatic rings. The Kier molecular flexibility index (Phi) is 16.9. The first kappa shape index (κ1) is 20.6. The molecule has 0 nitrogen and oxygen atoms in total.